The summed E-state index contributed by atoms with van der Waals surface area (Å²) in [5, 5.41) is 0. The number of nitrogens with zero attached hydrogens (tertiary/aromatic N) is 1. The molecule has 0 unspecified atom stereocenters. The standard InChI is InChI=1S/C6H15N.C3H6O2/c1-4-7(5-2)6-3;1-3(4)5-2/h4-6H2,1-3H3;1-2H3. The number of carbonyl (C=O) groups excluding carboxylic acids is 1. The topological polar surface area (TPSA) is 29.5 Å². The molecule has 0 fully saturated rings. The molecule has 0 aliphatic carbocycles. The Bertz CT molecular complexity index is 95.2. The Kier molecular flexibility index (Phi) is 12.2. The summed E-state index contributed by atoms with van der Waals surface area (Å²) in [5.41, 5.74) is 0. The zero-order chi connectivity index (χ0) is 9.98. The van der Waals surface area contributed by atoms with E-state index in [2.05, 4.69) is 30.4 Å². The highest BCUT2D eigenvalue weighted by Gasteiger charge is 1.89. The molecule has 0 bridgehead atoms. The van der Waals surface area contributed by atoms with Crippen molar-refractivity contribution in [1.82, 2.24) is 4.90 Å². The average Bonchev–Trinajstić information content (AvgIpc) is 2.09. The van der Waals surface area contributed by atoms with Crippen molar-refractivity contribution in [3.63, 3.8) is 0 Å². The Balaban J connectivity index is 0. The maximum atomic E-state index is 9.59. The minimum Gasteiger partial charge on any atom is -0.469 e. The number of carbonyl (C=O) groups is 1. The summed E-state index contributed by atoms with van der Waals surface area (Å²) in [4.78, 5) is 12.0. The first kappa shape index (κ1) is 14.0. The van der Waals surface area contributed by atoms with E-state index in [9.17, 15) is 4.79 Å². The van der Waals surface area contributed by atoms with Crippen LogP contribution in [0.25, 0.3) is 0 Å². The van der Waals surface area contributed by atoms with Gasteiger partial charge in [-0.25, -0.2) is 0 Å². The van der Waals surface area contributed by atoms with E-state index in [-0.39, 0.29) is 5.97 Å². The van der Waals surface area contributed by atoms with Crippen LogP contribution in [0.2, 0.25) is 0 Å². The fourth-order valence-corrected chi connectivity index (χ4v) is 0.671. The van der Waals surface area contributed by atoms with Gasteiger partial charge in [0, 0.05) is 6.92 Å². The Morgan fingerprint density at radius 3 is 1.42 bits per heavy atom. The molecule has 0 aromatic heterocycles. The molecule has 12 heavy (non-hydrogen) atoms. The molecule has 3 nitrogen and oxygen atoms in total. The number of ether oxygens (including phenoxy) is 1. The van der Waals surface area contributed by atoms with E-state index in [4.69, 9.17) is 0 Å². The zero-order valence-corrected chi connectivity index (χ0v) is 8.89. The van der Waals surface area contributed by atoms with Crippen LogP contribution in [-0.4, -0.2) is 37.6 Å². The lowest BCUT2D eigenvalue weighted by atomic mass is 10.5. The van der Waals surface area contributed by atoms with Gasteiger partial charge in [-0.3, -0.25) is 4.79 Å². The predicted molar refractivity (Wildman–Crippen MR) is 51.2 cm³/mol. The first-order valence-corrected chi connectivity index (χ1v) is 4.39. The van der Waals surface area contributed by atoms with Gasteiger partial charge in [0.1, 0.15) is 0 Å². The maximum absolute atomic E-state index is 9.59. The van der Waals surface area contributed by atoms with Gasteiger partial charge >= 0.3 is 5.97 Å². The van der Waals surface area contributed by atoms with Crippen LogP contribution in [0.1, 0.15) is 27.7 Å². The minimum atomic E-state index is -0.245. The fraction of sp³-hybridized carbons (Fsp3) is 0.889. The molecule has 0 aromatic carbocycles. The molecule has 0 amide bonds. The fourth-order valence-electron chi connectivity index (χ4n) is 0.671. The Morgan fingerprint density at radius 1 is 1.17 bits per heavy atom. The maximum Gasteiger partial charge on any atom is 0.302 e. The summed E-state index contributed by atoms with van der Waals surface area (Å²) in [5.74, 6) is -0.245. The number of rotatable bonds is 3. The predicted octanol–water partition coefficient (Wildman–Crippen LogP) is 1.53. The summed E-state index contributed by atoms with van der Waals surface area (Å²) in [7, 11) is 1.35. The molecule has 0 rings (SSSR count). The van der Waals surface area contributed by atoms with Gasteiger partial charge in [0.15, 0.2) is 0 Å². The van der Waals surface area contributed by atoms with E-state index in [1.807, 2.05) is 0 Å². The molecule has 3 heteroatoms. The van der Waals surface area contributed by atoms with Crippen LogP contribution in [0.4, 0.5) is 0 Å². The van der Waals surface area contributed by atoms with Gasteiger partial charge in [-0.2, -0.15) is 0 Å². The van der Waals surface area contributed by atoms with Crippen LogP contribution in [0.3, 0.4) is 0 Å². The smallest absolute Gasteiger partial charge is 0.302 e. The van der Waals surface area contributed by atoms with Gasteiger partial charge in [0.05, 0.1) is 7.11 Å². The molecule has 0 saturated carbocycles. The summed E-state index contributed by atoms with van der Waals surface area (Å²) >= 11 is 0. The minimum absolute atomic E-state index is 0.245. The van der Waals surface area contributed by atoms with E-state index in [1.54, 1.807) is 0 Å². The lowest BCUT2D eigenvalue weighted by Gasteiger charge is -2.13. The third kappa shape index (κ3) is 12.1. The van der Waals surface area contributed by atoms with Gasteiger partial charge in [0.25, 0.3) is 0 Å². The monoisotopic (exact) mass is 175 g/mol. The number of methoxy groups -OCH3 is 1. The van der Waals surface area contributed by atoms with Crippen molar-refractivity contribution in [2.75, 3.05) is 26.7 Å². The first-order chi connectivity index (χ1) is 5.62. The SMILES string of the molecule is CCN(CC)CC.COC(C)=O. The molecule has 74 valence electrons. The van der Waals surface area contributed by atoms with Crippen molar-refractivity contribution in [2.24, 2.45) is 0 Å². The summed E-state index contributed by atoms with van der Waals surface area (Å²) in [6, 6.07) is 0. The summed E-state index contributed by atoms with van der Waals surface area (Å²) < 4.78 is 4.11. The number of hydrogen-bond acceptors (Lipinski definition) is 3. The second-order valence-electron chi connectivity index (χ2n) is 2.32. The van der Waals surface area contributed by atoms with Crippen LogP contribution in [-0.2, 0) is 9.53 Å². The van der Waals surface area contributed by atoms with Crippen LogP contribution in [0, 0.1) is 0 Å². The van der Waals surface area contributed by atoms with Gasteiger partial charge in [-0.05, 0) is 19.6 Å². The molecule has 0 atom stereocenters. The first-order valence-electron chi connectivity index (χ1n) is 4.39. The van der Waals surface area contributed by atoms with Gasteiger partial charge in [-0.15, -0.1) is 0 Å². The number of esters is 1. The largest absolute Gasteiger partial charge is 0.469 e. The van der Waals surface area contributed by atoms with Gasteiger partial charge < -0.3 is 9.64 Å². The Labute approximate surface area is 75.7 Å². The summed E-state index contributed by atoms with van der Waals surface area (Å²) in [6.45, 7) is 11.5. The van der Waals surface area contributed by atoms with E-state index < -0.39 is 0 Å². The molecule has 0 saturated heterocycles. The lowest BCUT2D eigenvalue weighted by Crippen LogP contribution is -2.21. The van der Waals surface area contributed by atoms with Crippen LogP contribution in [0.5, 0.6) is 0 Å². The Morgan fingerprint density at radius 2 is 1.42 bits per heavy atom. The van der Waals surface area contributed by atoms with Gasteiger partial charge in [0.2, 0.25) is 0 Å². The normalized spacial score (nSPS) is 8.83. The average molecular weight is 175 g/mol. The second-order valence-corrected chi connectivity index (χ2v) is 2.32. The highest BCUT2D eigenvalue weighted by Crippen LogP contribution is 1.81. The van der Waals surface area contributed by atoms with E-state index >= 15 is 0 Å². The van der Waals surface area contributed by atoms with E-state index in [1.165, 1.54) is 33.7 Å². The molecule has 0 spiro atoms. The third-order valence-corrected chi connectivity index (χ3v) is 1.63. The molecule has 0 heterocycles. The third-order valence-electron chi connectivity index (χ3n) is 1.63. The summed E-state index contributed by atoms with van der Waals surface area (Å²) in [6.07, 6.45) is 0. The highest BCUT2D eigenvalue weighted by molar-refractivity contribution is 5.65. The lowest BCUT2D eigenvalue weighted by molar-refractivity contribution is -0.137. The van der Waals surface area contributed by atoms with Crippen molar-refractivity contribution >= 4 is 5.97 Å². The van der Waals surface area contributed by atoms with Crippen LogP contribution >= 0.6 is 0 Å². The zero-order valence-electron chi connectivity index (χ0n) is 8.89. The van der Waals surface area contributed by atoms with Crippen molar-refractivity contribution in [2.45, 2.75) is 27.7 Å². The van der Waals surface area contributed by atoms with Crippen molar-refractivity contribution < 1.29 is 9.53 Å². The molecule has 0 N–H and O–H groups in total. The molecular weight excluding hydrogens is 154 g/mol. The number of hydrogen-bond donors (Lipinski definition) is 0. The van der Waals surface area contributed by atoms with Crippen LogP contribution in [0.15, 0.2) is 0 Å². The van der Waals surface area contributed by atoms with E-state index in [0.717, 1.165) is 0 Å². The quantitative estimate of drug-likeness (QED) is 0.609. The molecule has 0 aromatic rings. The Hall–Kier alpha value is -0.570. The molecule has 0 aliphatic heterocycles. The van der Waals surface area contributed by atoms with E-state index in [0.29, 0.717) is 0 Å². The van der Waals surface area contributed by atoms with Crippen molar-refractivity contribution in [3.8, 4) is 0 Å². The highest BCUT2D eigenvalue weighted by atomic mass is 16.5. The van der Waals surface area contributed by atoms with Crippen molar-refractivity contribution in [1.29, 1.82) is 0 Å². The second kappa shape index (κ2) is 10.4. The molecule has 0 radical (unpaired) electrons. The molecule has 0 aliphatic rings. The molecular formula is C9H21NO2. The van der Waals surface area contributed by atoms with Gasteiger partial charge in [-0.1, -0.05) is 20.8 Å². The van der Waals surface area contributed by atoms with Crippen molar-refractivity contribution in [3.05, 3.63) is 0 Å². The van der Waals surface area contributed by atoms with Crippen LogP contribution < -0.4 is 0 Å².